The maximum atomic E-state index is 12.5. The Kier molecular flexibility index (Phi) is 4.30. The number of benzene rings is 1. The van der Waals surface area contributed by atoms with E-state index in [2.05, 4.69) is 0 Å². The van der Waals surface area contributed by atoms with Crippen LogP contribution in [0.1, 0.15) is 0 Å². The van der Waals surface area contributed by atoms with Crippen LogP contribution in [0.3, 0.4) is 0 Å². The first-order chi connectivity index (χ1) is 7.87. The van der Waals surface area contributed by atoms with Gasteiger partial charge in [-0.25, -0.2) is 4.39 Å². The summed E-state index contributed by atoms with van der Waals surface area (Å²) in [4.78, 5) is 10.9. The van der Waals surface area contributed by atoms with Crippen LogP contribution in [-0.2, 0) is 4.79 Å². The summed E-state index contributed by atoms with van der Waals surface area (Å²) in [5, 5.41) is 1.64. The van der Waals surface area contributed by atoms with Crippen LogP contribution in [-0.4, -0.2) is 25.2 Å². The van der Waals surface area contributed by atoms with E-state index in [0.717, 1.165) is 12.1 Å². The molecule has 1 aromatic carbocycles. The van der Waals surface area contributed by atoms with Crippen LogP contribution in [0.25, 0.3) is 0 Å². The first-order valence-corrected chi connectivity index (χ1v) is 4.58. The van der Waals surface area contributed by atoms with Crippen LogP contribution in [0.15, 0.2) is 24.3 Å². The van der Waals surface area contributed by atoms with Crippen LogP contribution in [0.2, 0.25) is 0 Å². The third kappa shape index (κ3) is 5.74. The average Bonchev–Trinajstić information content (AvgIpc) is 2.25. The molecule has 0 saturated heterocycles. The van der Waals surface area contributed by atoms with Gasteiger partial charge in [0.05, 0.1) is 0 Å². The number of rotatable bonds is 4. The van der Waals surface area contributed by atoms with Crippen molar-refractivity contribution in [1.82, 2.24) is 5.32 Å². The number of carbonyl (C=O) groups excluding carboxylic acids is 1. The zero-order chi connectivity index (χ0) is 12.9. The van der Waals surface area contributed by atoms with Crippen molar-refractivity contribution in [2.75, 3.05) is 13.2 Å². The standard InChI is InChI=1S/C10H9F4NO2/c11-7-1-3-8(4-2-7)17-5-9(16)15-6-10(12,13)14/h1-4H,5-6H2,(H,15,16). The zero-order valence-corrected chi connectivity index (χ0v) is 8.55. The van der Waals surface area contributed by atoms with Gasteiger partial charge < -0.3 is 10.1 Å². The summed E-state index contributed by atoms with van der Waals surface area (Å²) in [5.41, 5.74) is 0. The van der Waals surface area contributed by atoms with E-state index in [0.29, 0.717) is 0 Å². The van der Waals surface area contributed by atoms with Crippen LogP contribution >= 0.6 is 0 Å². The summed E-state index contributed by atoms with van der Waals surface area (Å²) in [6.45, 7) is -1.96. The average molecular weight is 251 g/mol. The Morgan fingerprint density at radius 2 is 1.82 bits per heavy atom. The quantitative estimate of drug-likeness (QED) is 0.830. The zero-order valence-electron chi connectivity index (χ0n) is 8.55. The molecule has 1 amide bonds. The van der Waals surface area contributed by atoms with Gasteiger partial charge in [-0.2, -0.15) is 13.2 Å². The van der Waals surface area contributed by atoms with Crippen LogP contribution in [0.5, 0.6) is 5.75 Å². The second-order valence-electron chi connectivity index (χ2n) is 3.13. The molecule has 0 radical (unpaired) electrons. The second kappa shape index (κ2) is 5.51. The highest BCUT2D eigenvalue weighted by Crippen LogP contribution is 2.12. The highest BCUT2D eigenvalue weighted by Gasteiger charge is 2.27. The molecular weight excluding hydrogens is 242 g/mol. The SMILES string of the molecule is O=C(COc1ccc(F)cc1)NCC(F)(F)F. The number of halogens is 4. The van der Waals surface area contributed by atoms with Crippen molar-refractivity contribution in [3.05, 3.63) is 30.1 Å². The molecule has 0 bridgehead atoms. The predicted molar refractivity (Wildman–Crippen MR) is 51.0 cm³/mol. The highest BCUT2D eigenvalue weighted by molar-refractivity contribution is 5.77. The molecular formula is C10H9F4NO2. The Hall–Kier alpha value is -1.79. The Bertz CT molecular complexity index is 375. The molecule has 3 nitrogen and oxygen atoms in total. The lowest BCUT2D eigenvalue weighted by Crippen LogP contribution is -2.36. The Balaban J connectivity index is 2.31. The van der Waals surface area contributed by atoms with Gasteiger partial charge in [-0.15, -0.1) is 0 Å². The predicted octanol–water partition coefficient (Wildman–Crippen LogP) is 1.88. The largest absolute Gasteiger partial charge is 0.484 e. The van der Waals surface area contributed by atoms with Gasteiger partial charge in [0, 0.05) is 0 Å². The summed E-state index contributed by atoms with van der Waals surface area (Å²) in [6, 6.07) is 4.77. The van der Waals surface area contributed by atoms with Gasteiger partial charge in [-0.3, -0.25) is 4.79 Å². The third-order valence-corrected chi connectivity index (χ3v) is 1.67. The molecule has 1 N–H and O–H groups in total. The summed E-state index contributed by atoms with van der Waals surface area (Å²) >= 11 is 0. The lowest BCUT2D eigenvalue weighted by Gasteiger charge is -2.09. The van der Waals surface area contributed by atoms with Gasteiger partial charge >= 0.3 is 6.18 Å². The Labute approximate surface area is 94.4 Å². The minimum Gasteiger partial charge on any atom is -0.484 e. The molecule has 0 saturated carbocycles. The van der Waals surface area contributed by atoms with Gasteiger partial charge in [-0.1, -0.05) is 0 Å². The van der Waals surface area contributed by atoms with Crippen molar-refractivity contribution in [2.45, 2.75) is 6.18 Å². The van der Waals surface area contributed by atoms with Crippen molar-refractivity contribution in [3.63, 3.8) is 0 Å². The fraction of sp³-hybridized carbons (Fsp3) is 0.300. The molecule has 0 heterocycles. The molecule has 0 unspecified atom stereocenters. The van der Waals surface area contributed by atoms with Crippen molar-refractivity contribution in [3.8, 4) is 5.75 Å². The molecule has 0 atom stereocenters. The maximum Gasteiger partial charge on any atom is 0.405 e. The van der Waals surface area contributed by atoms with Crippen LogP contribution < -0.4 is 10.1 Å². The van der Waals surface area contributed by atoms with Gasteiger partial charge in [-0.05, 0) is 24.3 Å². The number of ether oxygens (including phenoxy) is 1. The molecule has 0 aromatic heterocycles. The van der Waals surface area contributed by atoms with Gasteiger partial charge in [0.25, 0.3) is 5.91 Å². The number of alkyl halides is 3. The molecule has 0 spiro atoms. The van der Waals surface area contributed by atoms with Gasteiger partial charge in [0.2, 0.25) is 0 Å². The normalized spacial score (nSPS) is 11.1. The van der Waals surface area contributed by atoms with E-state index < -0.39 is 31.1 Å². The van der Waals surface area contributed by atoms with E-state index in [4.69, 9.17) is 4.74 Å². The second-order valence-corrected chi connectivity index (χ2v) is 3.13. The molecule has 0 aliphatic heterocycles. The number of hydrogen-bond acceptors (Lipinski definition) is 2. The van der Waals surface area contributed by atoms with Crippen LogP contribution in [0, 0.1) is 5.82 Å². The topological polar surface area (TPSA) is 38.3 Å². The van der Waals surface area contributed by atoms with Crippen LogP contribution in [0.4, 0.5) is 17.6 Å². The summed E-state index contributed by atoms with van der Waals surface area (Å²) in [7, 11) is 0. The van der Waals surface area contributed by atoms with E-state index in [-0.39, 0.29) is 5.75 Å². The molecule has 17 heavy (non-hydrogen) atoms. The maximum absolute atomic E-state index is 12.5. The monoisotopic (exact) mass is 251 g/mol. The fourth-order valence-electron chi connectivity index (χ4n) is 0.930. The molecule has 7 heteroatoms. The number of hydrogen-bond donors (Lipinski definition) is 1. The van der Waals surface area contributed by atoms with Crippen molar-refractivity contribution >= 4 is 5.91 Å². The van der Waals surface area contributed by atoms with E-state index >= 15 is 0 Å². The van der Waals surface area contributed by atoms with E-state index in [1.54, 1.807) is 5.32 Å². The lowest BCUT2D eigenvalue weighted by molar-refractivity contribution is -0.139. The molecule has 1 aromatic rings. The molecule has 0 aliphatic rings. The highest BCUT2D eigenvalue weighted by atomic mass is 19.4. The van der Waals surface area contributed by atoms with E-state index in [1.165, 1.54) is 12.1 Å². The number of amides is 1. The number of nitrogens with one attached hydrogen (secondary N) is 1. The van der Waals surface area contributed by atoms with Crippen molar-refractivity contribution < 1.29 is 27.1 Å². The summed E-state index contributed by atoms with van der Waals surface area (Å²) in [6.07, 6.45) is -4.45. The van der Waals surface area contributed by atoms with Gasteiger partial charge in [0.1, 0.15) is 18.1 Å². The first kappa shape index (κ1) is 13.3. The molecule has 0 fully saturated rings. The Morgan fingerprint density at radius 3 is 2.35 bits per heavy atom. The summed E-state index contributed by atoms with van der Waals surface area (Å²) < 4.78 is 52.5. The van der Waals surface area contributed by atoms with E-state index in [9.17, 15) is 22.4 Å². The Morgan fingerprint density at radius 1 is 1.24 bits per heavy atom. The molecule has 94 valence electrons. The van der Waals surface area contributed by atoms with E-state index in [1.807, 2.05) is 0 Å². The molecule has 0 aliphatic carbocycles. The first-order valence-electron chi connectivity index (χ1n) is 4.58. The smallest absolute Gasteiger partial charge is 0.405 e. The van der Waals surface area contributed by atoms with Crippen molar-refractivity contribution in [1.29, 1.82) is 0 Å². The minimum atomic E-state index is -4.45. The minimum absolute atomic E-state index is 0.202. The van der Waals surface area contributed by atoms with Gasteiger partial charge in [0.15, 0.2) is 6.61 Å². The fourth-order valence-corrected chi connectivity index (χ4v) is 0.930. The number of carbonyl (C=O) groups is 1. The lowest BCUT2D eigenvalue weighted by atomic mass is 10.3. The molecule has 1 rings (SSSR count). The summed E-state index contributed by atoms with van der Waals surface area (Å²) in [5.74, 6) is -1.17. The third-order valence-electron chi connectivity index (χ3n) is 1.67. The van der Waals surface area contributed by atoms with Crippen molar-refractivity contribution in [2.24, 2.45) is 0 Å².